The van der Waals surface area contributed by atoms with E-state index in [0.29, 0.717) is 11.8 Å². The molecule has 0 aliphatic carbocycles. The number of aliphatic hydroxyl groups is 3. The predicted octanol–water partition coefficient (Wildman–Crippen LogP) is 0.929. The highest BCUT2D eigenvalue weighted by Crippen LogP contribution is 2.27. The second-order valence-corrected chi connectivity index (χ2v) is 3.83. The molecule has 88 valence electrons. The van der Waals surface area contributed by atoms with Crippen molar-refractivity contribution in [3.05, 3.63) is 34.3 Å². The number of hydrogen-bond donors (Lipinski definition) is 3. The number of hydrogen-bond acceptors (Lipinski definition) is 4. The summed E-state index contributed by atoms with van der Waals surface area (Å²) in [6, 6.07) is 4.42. The van der Waals surface area contributed by atoms with Crippen LogP contribution < -0.4 is 0 Å². The zero-order valence-corrected chi connectivity index (χ0v) is 9.26. The van der Waals surface area contributed by atoms with Gasteiger partial charge in [0.25, 0.3) is 0 Å². The summed E-state index contributed by atoms with van der Waals surface area (Å²) in [5.41, 5.74) is 0.655. The van der Waals surface area contributed by atoms with Gasteiger partial charge in [0.2, 0.25) is 0 Å². The topological polar surface area (TPSA) is 77.8 Å². The van der Waals surface area contributed by atoms with Gasteiger partial charge in [0.1, 0.15) is 12.4 Å². The third kappa shape index (κ3) is 3.02. The Morgan fingerprint density at radius 1 is 1.38 bits per heavy atom. The molecule has 0 amide bonds. The van der Waals surface area contributed by atoms with Crippen LogP contribution in [0.5, 0.6) is 0 Å². The van der Waals surface area contributed by atoms with E-state index in [-0.39, 0.29) is 23.6 Å². The van der Waals surface area contributed by atoms with Gasteiger partial charge in [-0.05, 0) is 18.6 Å². The Morgan fingerprint density at radius 3 is 2.62 bits per heavy atom. The molecule has 0 saturated carbocycles. The molecular formula is C11H13ClO4. The van der Waals surface area contributed by atoms with E-state index in [1.165, 1.54) is 18.2 Å². The molecule has 0 saturated heterocycles. The van der Waals surface area contributed by atoms with Crippen LogP contribution in [-0.4, -0.2) is 34.3 Å². The molecule has 0 aliphatic rings. The zero-order valence-electron chi connectivity index (χ0n) is 8.51. The summed E-state index contributed by atoms with van der Waals surface area (Å²) < 4.78 is 0. The molecule has 0 heterocycles. The Kier molecular flexibility index (Phi) is 4.89. The Labute approximate surface area is 98.1 Å². The first-order valence-electron chi connectivity index (χ1n) is 4.81. The van der Waals surface area contributed by atoms with Crippen LogP contribution in [0.25, 0.3) is 0 Å². The summed E-state index contributed by atoms with van der Waals surface area (Å²) in [7, 11) is 0. The highest BCUT2D eigenvalue weighted by atomic mass is 35.5. The van der Waals surface area contributed by atoms with Crippen LogP contribution in [0.3, 0.4) is 0 Å². The van der Waals surface area contributed by atoms with Gasteiger partial charge in [0.15, 0.2) is 0 Å². The molecule has 2 atom stereocenters. The molecule has 1 aromatic carbocycles. The van der Waals surface area contributed by atoms with Gasteiger partial charge in [0, 0.05) is 22.8 Å². The number of rotatable bonds is 5. The quantitative estimate of drug-likeness (QED) is 0.674. The zero-order chi connectivity index (χ0) is 12.1. The maximum absolute atomic E-state index is 10.6. The Bertz CT molecular complexity index is 367. The maximum atomic E-state index is 10.6. The normalized spacial score (nSPS) is 14.5. The van der Waals surface area contributed by atoms with Gasteiger partial charge < -0.3 is 15.3 Å². The van der Waals surface area contributed by atoms with Gasteiger partial charge in [-0.2, -0.15) is 0 Å². The SMILES string of the molecule is O=Cc1ccc(Cl)c(C(O)C(O)CCO)c1. The van der Waals surface area contributed by atoms with E-state index in [4.69, 9.17) is 16.7 Å². The van der Waals surface area contributed by atoms with Crippen LogP contribution in [0, 0.1) is 0 Å². The lowest BCUT2D eigenvalue weighted by atomic mass is 10.0. The number of carbonyl (C=O) groups excluding carboxylic acids is 1. The fourth-order valence-electron chi connectivity index (χ4n) is 1.36. The smallest absolute Gasteiger partial charge is 0.150 e. The van der Waals surface area contributed by atoms with Crippen molar-refractivity contribution in [1.29, 1.82) is 0 Å². The maximum Gasteiger partial charge on any atom is 0.150 e. The van der Waals surface area contributed by atoms with Crippen molar-refractivity contribution >= 4 is 17.9 Å². The van der Waals surface area contributed by atoms with Crippen molar-refractivity contribution in [2.45, 2.75) is 18.6 Å². The summed E-state index contributed by atoms with van der Waals surface area (Å²) in [5.74, 6) is 0. The minimum absolute atomic E-state index is 0.0445. The van der Waals surface area contributed by atoms with Crippen molar-refractivity contribution in [2.24, 2.45) is 0 Å². The van der Waals surface area contributed by atoms with E-state index in [0.717, 1.165) is 0 Å². The summed E-state index contributed by atoms with van der Waals surface area (Å²) in [4.78, 5) is 10.6. The lowest BCUT2D eigenvalue weighted by Crippen LogP contribution is -2.20. The summed E-state index contributed by atoms with van der Waals surface area (Å²) in [6.45, 7) is -0.233. The van der Waals surface area contributed by atoms with E-state index < -0.39 is 12.2 Å². The van der Waals surface area contributed by atoms with Gasteiger partial charge in [-0.15, -0.1) is 0 Å². The average Bonchev–Trinajstić information content (AvgIpc) is 2.29. The van der Waals surface area contributed by atoms with Crippen LogP contribution in [-0.2, 0) is 0 Å². The first-order chi connectivity index (χ1) is 7.60. The van der Waals surface area contributed by atoms with Crippen molar-refractivity contribution in [2.75, 3.05) is 6.61 Å². The second-order valence-electron chi connectivity index (χ2n) is 3.42. The summed E-state index contributed by atoms with van der Waals surface area (Å²) in [6.07, 6.45) is -1.64. The van der Waals surface area contributed by atoms with Crippen LogP contribution in [0.15, 0.2) is 18.2 Å². The fourth-order valence-corrected chi connectivity index (χ4v) is 1.59. The molecule has 3 N–H and O–H groups in total. The molecule has 0 fully saturated rings. The molecule has 0 bridgehead atoms. The standard InChI is InChI=1S/C11H13ClO4/c12-9-2-1-7(6-14)5-8(9)11(16)10(15)3-4-13/h1-2,5-6,10-11,13,15-16H,3-4H2. The number of aliphatic hydroxyl groups excluding tert-OH is 3. The Hall–Kier alpha value is -0.940. The highest BCUT2D eigenvalue weighted by molar-refractivity contribution is 6.31. The molecular weight excluding hydrogens is 232 g/mol. The van der Waals surface area contributed by atoms with Crippen LogP contribution >= 0.6 is 11.6 Å². The Balaban J connectivity index is 2.97. The van der Waals surface area contributed by atoms with Gasteiger partial charge in [0.05, 0.1) is 6.10 Å². The van der Waals surface area contributed by atoms with Crippen molar-refractivity contribution in [1.82, 2.24) is 0 Å². The predicted molar refractivity (Wildman–Crippen MR) is 59.5 cm³/mol. The molecule has 4 nitrogen and oxygen atoms in total. The summed E-state index contributed by atoms with van der Waals surface area (Å²) >= 11 is 5.84. The molecule has 1 rings (SSSR count). The van der Waals surface area contributed by atoms with Gasteiger partial charge in [-0.1, -0.05) is 17.7 Å². The van der Waals surface area contributed by atoms with Crippen molar-refractivity contribution < 1.29 is 20.1 Å². The monoisotopic (exact) mass is 244 g/mol. The first kappa shape index (κ1) is 13.1. The second kappa shape index (κ2) is 5.96. The molecule has 0 aliphatic heterocycles. The minimum Gasteiger partial charge on any atom is -0.396 e. The summed E-state index contributed by atoms with van der Waals surface area (Å²) in [5, 5.41) is 28.2. The third-order valence-corrected chi connectivity index (χ3v) is 2.61. The average molecular weight is 245 g/mol. The molecule has 0 spiro atoms. The molecule has 2 unspecified atom stereocenters. The lowest BCUT2D eigenvalue weighted by Gasteiger charge is -2.18. The van der Waals surface area contributed by atoms with Crippen LogP contribution in [0.4, 0.5) is 0 Å². The van der Waals surface area contributed by atoms with E-state index in [1.807, 2.05) is 0 Å². The molecule has 5 heteroatoms. The molecule has 16 heavy (non-hydrogen) atoms. The molecule has 0 radical (unpaired) electrons. The van der Waals surface area contributed by atoms with Crippen LogP contribution in [0.2, 0.25) is 5.02 Å². The molecule has 1 aromatic rings. The highest BCUT2D eigenvalue weighted by Gasteiger charge is 2.20. The fraction of sp³-hybridized carbons (Fsp3) is 0.364. The van der Waals surface area contributed by atoms with Crippen molar-refractivity contribution in [3.63, 3.8) is 0 Å². The number of aldehydes is 1. The lowest BCUT2D eigenvalue weighted by molar-refractivity contribution is 0.00424. The van der Waals surface area contributed by atoms with Gasteiger partial charge in [-0.3, -0.25) is 4.79 Å². The third-order valence-electron chi connectivity index (χ3n) is 2.26. The van der Waals surface area contributed by atoms with E-state index in [9.17, 15) is 15.0 Å². The van der Waals surface area contributed by atoms with Crippen LogP contribution in [0.1, 0.15) is 28.4 Å². The number of carbonyl (C=O) groups is 1. The first-order valence-corrected chi connectivity index (χ1v) is 5.19. The Morgan fingerprint density at radius 2 is 2.06 bits per heavy atom. The van der Waals surface area contributed by atoms with Gasteiger partial charge in [-0.25, -0.2) is 0 Å². The van der Waals surface area contributed by atoms with Crippen molar-refractivity contribution in [3.8, 4) is 0 Å². The van der Waals surface area contributed by atoms with E-state index >= 15 is 0 Å². The number of halogens is 1. The van der Waals surface area contributed by atoms with E-state index in [2.05, 4.69) is 0 Å². The molecule has 0 aromatic heterocycles. The van der Waals surface area contributed by atoms with Gasteiger partial charge >= 0.3 is 0 Å². The van der Waals surface area contributed by atoms with E-state index in [1.54, 1.807) is 0 Å². The minimum atomic E-state index is -1.21. The largest absolute Gasteiger partial charge is 0.396 e. The number of benzene rings is 1.